The minimum atomic E-state index is -0.283. The summed E-state index contributed by atoms with van der Waals surface area (Å²) in [5, 5.41) is 0. The third-order valence-corrected chi connectivity index (χ3v) is 5.26. The maximum absolute atomic E-state index is 13.0. The Morgan fingerprint density at radius 3 is 2.33 bits per heavy atom. The Labute approximate surface area is 143 Å². The largest absolute Gasteiger partial charge is 0.460 e. The van der Waals surface area contributed by atoms with E-state index >= 15 is 0 Å². The highest BCUT2D eigenvalue weighted by Gasteiger charge is 2.36. The van der Waals surface area contributed by atoms with E-state index in [4.69, 9.17) is 4.74 Å². The van der Waals surface area contributed by atoms with Gasteiger partial charge in [-0.2, -0.15) is 0 Å². The van der Waals surface area contributed by atoms with Crippen molar-refractivity contribution in [3.8, 4) is 11.1 Å². The molecule has 3 heteroatoms. The van der Waals surface area contributed by atoms with Crippen molar-refractivity contribution in [1.82, 2.24) is 4.90 Å². The summed E-state index contributed by atoms with van der Waals surface area (Å²) in [6.07, 6.45) is 2.09. The van der Waals surface area contributed by atoms with Crippen LogP contribution < -0.4 is 0 Å². The molecule has 1 unspecified atom stereocenters. The molecule has 0 spiro atoms. The van der Waals surface area contributed by atoms with Crippen LogP contribution in [-0.4, -0.2) is 36.6 Å². The second-order valence-electron chi connectivity index (χ2n) is 6.70. The Hall–Kier alpha value is -2.13. The minimum absolute atomic E-state index is 0.0196. The van der Waals surface area contributed by atoms with Crippen LogP contribution in [0.5, 0.6) is 0 Å². The van der Waals surface area contributed by atoms with Gasteiger partial charge in [0.25, 0.3) is 0 Å². The van der Waals surface area contributed by atoms with Crippen molar-refractivity contribution in [3.05, 3.63) is 59.7 Å². The molecule has 0 N–H and O–H groups in total. The Bertz CT molecular complexity index is 710. The molecule has 2 aromatic carbocycles. The summed E-state index contributed by atoms with van der Waals surface area (Å²) in [5.74, 6) is -0.384. The smallest absolute Gasteiger partial charge is 0.318 e. The molecule has 4 rings (SSSR count). The van der Waals surface area contributed by atoms with Gasteiger partial charge in [-0.3, -0.25) is 9.69 Å². The van der Waals surface area contributed by atoms with Gasteiger partial charge in [-0.1, -0.05) is 55.5 Å². The van der Waals surface area contributed by atoms with Crippen molar-refractivity contribution in [2.24, 2.45) is 0 Å². The van der Waals surface area contributed by atoms with Gasteiger partial charge in [-0.25, -0.2) is 0 Å². The van der Waals surface area contributed by atoms with Crippen molar-refractivity contribution in [1.29, 1.82) is 0 Å². The number of hydrogen-bond acceptors (Lipinski definition) is 3. The van der Waals surface area contributed by atoms with Gasteiger partial charge in [0.2, 0.25) is 0 Å². The molecule has 0 saturated carbocycles. The lowest BCUT2D eigenvalue weighted by Crippen LogP contribution is -2.40. The summed E-state index contributed by atoms with van der Waals surface area (Å²) in [5.41, 5.74) is 4.47. The lowest BCUT2D eigenvalue weighted by molar-refractivity contribution is -0.152. The molecule has 0 aromatic heterocycles. The molecule has 0 bridgehead atoms. The molecule has 1 aliphatic carbocycles. The van der Waals surface area contributed by atoms with Crippen LogP contribution in [0.25, 0.3) is 11.1 Å². The van der Waals surface area contributed by atoms with Crippen molar-refractivity contribution in [2.75, 3.05) is 19.6 Å². The Morgan fingerprint density at radius 2 is 1.71 bits per heavy atom. The number of benzene rings is 2. The molecule has 124 valence electrons. The van der Waals surface area contributed by atoms with Gasteiger partial charge < -0.3 is 4.74 Å². The zero-order valence-corrected chi connectivity index (χ0v) is 14.1. The molecule has 1 aliphatic heterocycles. The summed E-state index contributed by atoms with van der Waals surface area (Å²) in [4.78, 5) is 15.4. The Kier molecular flexibility index (Phi) is 4.11. The average molecular weight is 321 g/mol. The number of likely N-dealkylation sites (N-methyl/N-ethyl adjacent to an activating group) is 1. The van der Waals surface area contributed by atoms with Crippen LogP contribution in [0.15, 0.2) is 48.5 Å². The molecular weight excluding hydrogens is 298 g/mol. The van der Waals surface area contributed by atoms with E-state index in [9.17, 15) is 4.79 Å². The van der Waals surface area contributed by atoms with Crippen LogP contribution in [0.3, 0.4) is 0 Å². The fourth-order valence-electron chi connectivity index (χ4n) is 4.04. The minimum Gasteiger partial charge on any atom is -0.460 e. The van der Waals surface area contributed by atoms with E-state index < -0.39 is 0 Å². The number of carbonyl (C=O) groups is 1. The van der Waals surface area contributed by atoms with Gasteiger partial charge in [0, 0.05) is 6.54 Å². The van der Waals surface area contributed by atoms with Crippen molar-refractivity contribution in [3.63, 3.8) is 0 Å². The molecule has 1 fully saturated rings. The number of esters is 1. The first-order valence-electron chi connectivity index (χ1n) is 8.89. The van der Waals surface area contributed by atoms with Crippen molar-refractivity contribution in [2.45, 2.75) is 31.8 Å². The number of fused-ring (bicyclic) bond motifs is 3. The molecule has 24 heavy (non-hydrogen) atoms. The zero-order chi connectivity index (χ0) is 16.5. The van der Waals surface area contributed by atoms with E-state index in [1.54, 1.807) is 0 Å². The number of nitrogens with zero attached hydrogens (tertiary/aromatic N) is 1. The maximum Gasteiger partial charge on any atom is 0.318 e. The summed E-state index contributed by atoms with van der Waals surface area (Å²) < 4.78 is 5.94. The van der Waals surface area contributed by atoms with Crippen LogP contribution in [0.4, 0.5) is 0 Å². The Balaban J connectivity index is 1.60. The highest BCUT2D eigenvalue weighted by Crippen LogP contribution is 2.45. The molecule has 0 amide bonds. The maximum atomic E-state index is 13.0. The molecule has 1 saturated heterocycles. The third kappa shape index (κ3) is 2.63. The first-order chi connectivity index (χ1) is 11.8. The van der Waals surface area contributed by atoms with Crippen LogP contribution in [0, 0.1) is 0 Å². The summed E-state index contributed by atoms with van der Waals surface area (Å²) >= 11 is 0. The van der Waals surface area contributed by atoms with Crippen molar-refractivity contribution >= 4 is 5.97 Å². The third-order valence-electron chi connectivity index (χ3n) is 5.26. The molecule has 3 nitrogen and oxygen atoms in total. The lowest BCUT2D eigenvalue weighted by Gasteiger charge is -2.32. The van der Waals surface area contributed by atoms with Crippen LogP contribution in [-0.2, 0) is 9.53 Å². The number of likely N-dealkylation sites (tertiary alicyclic amines) is 1. The van der Waals surface area contributed by atoms with Gasteiger partial charge >= 0.3 is 5.97 Å². The predicted octanol–water partition coefficient (Wildman–Crippen LogP) is 3.83. The van der Waals surface area contributed by atoms with Crippen LogP contribution >= 0.6 is 0 Å². The predicted molar refractivity (Wildman–Crippen MR) is 94.9 cm³/mol. The fraction of sp³-hybridized carbons (Fsp3) is 0.381. The zero-order valence-electron chi connectivity index (χ0n) is 14.1. The first kappa shape index (κ1) is 15.4. The van der Waals surface area contributed by atoms with Crippen LogP contribution in [0.1, 0.15) is 36.8 Å². The van der Waals surface area contributed by atoms with E-state index in [1.807, 2.05) is 24.3 Å². The molecule has 1 heterocycles. The number of ether oxygens (including phenoxy) is 1. The second-order valence-corrected chi connectivity index (χ2v) is 6.70. The van der Waals surface area contributed by atoms with Gasteiger partial charge in [0.15, 0.2) is 0 Å². The lowest BCUT2D eigenvalue weighted by atomic mass is 9.97. The summed E-state index contributed by atoms with van der Waals surface area (Å²) in [6.45, 7) is 5.15. The molecule has 2 aliphatic rings. The molecule has 2 aromatic rings. The van der Waals surface area contributed by atoms with E-state index in [1.165, 1.54) is 0 Å². The number of carbonyl (C=O) groups excluding carboxylic acids is 1. The monoisotopic (exact) mass is 321 g/mol. The second kappa shape index (κ2) is 6.40. The number of piperidine rings is 1. The van der Waals surface area contributed by atoms with E-state index in [-0.39, 0.29) is 18.0 Å². The van der Waals surface area contributed by atoms with Gasteiger partial charge in [-0.15, -0.1) is 0 Å². The topological polar surface area (TPSA) is 29.5 Å². The van der Waals surface area contributed by atoms with Gasteiger partial charge in [0.1, 0.15) is 12.0 Å². The van der Waals surface area contributed by atoms with Crippen LogP contribution in [0.2, 0.25) is 0 Å². The fourth-order valence-corrected chi connectivity index (χ4v) is 4.04. The van der Waals surface area contributed by atoms with E-state index in [2.05, 4.69) is 36.1 Å². The number of rotatable bonds is 3. The van der Waals surface area contributed by atoms with Gasteiger partial charge in [0.05, 0.1) is 0 Å². The highest BCUT2D eigenvalue weighted by atomic mass is 16.5. The molecular formula is C21H23NO2. The van der Waals surface area contributed by atoms with E-state index in [0.29, 0.717) is 0 Å². The number of hydrogen-bond donors (Lipinski definition) is 0. The first-order valence-corrected chi connectivity index (χ1v) is 8.89. The SMILES string of the molecule is CCN1CCCC(OC(=O)C2c3ccccc3-c3ccccc32)C1. The average Bonchev–Trinajstić information content (AvgIpc) is 2.96. The standard InChI is InChI=1S/C21H23NO2/c1-2-22-13-7-8-15(14-22)24-21(23)20-18-11-5-3-9-16(18)17-10-4-6-12-19(17)20/h3-6,9-12,15,20H,2,7-8,13-14H2,1H3. The van der Waals surface area contributed by atoms with E-state index in [0.717, 1.165) is 54.7 Å². The highest BCUT2D eigenvalue weighted by molar-refractivity contribution is 5.93. The molecule has 0 radical (unpaired) electrons. The van der Waals surface area contributed by atoms with Crippen molar-refractivity contribution < 1.29 is 9.53 Å². The molecule has 1 atom stereocenters. The summed E-state index contributed by atoms with van der Waals surface area (Å²) in [7, 11) is 0. The Morgan fingerprint density at radius 1 is 1.08 bits per heavy atom. The van der Waals surface area contributed by atoms with Gasteiger partial charge in [-0.05, 0) is 48.2 Å². The summed E-state index contributed by atoms with van der Waals surface area (Å²) in [6, 6.07) is 16.4. The normalized spacial score (nSPS) is 20.5. The quantitative estimate of drug-likeness (QED) is 0.805.